The molecule has 3 heterocycles. The van der Waals surface area contributed by atoms with Gasteiger partial charge in [-0.15, -0.1) is 11.3 Å². The van der Waals surface area contributed by atoms with Crippen LogP contribution in [0, 0.1) is 6.92 Å². The van der Waals surface area contributed by atoms with Gasteiger partial charge in [-0.2, -0.15) is 0 Å². The van der Waals surface area contributed by atoms with E-state index in [2.05, 4.69) is 229 Å². The smallest absolute Gasteiger partial charge is 0.179 e. The Morgan fingerprint density at radius 3 is 1.58 bits per heavy atom. The molecule has 11 aromatic rings. The third-order valence-electron chi connectivity index (χ3n) is 12.2. The van der Waals surface area contributed by atoms with Gasteiger partial charge in [0.25, 0.3) is 0 Å². The zero-order valence-corrected chi connectivity index (χ0v) is 34.5. The first-order chi connectivity index (χ1) is 29.1. The van der Waals surface area contributed by atoms with E-state index in [4.69, 9.17) is 0 Å². The maximum Gasteiger partial charge on any atom is 0.179 e. The minimum absolute atomic E-state index is 1.15. The van der Waals surface area contributed by atoms with Gasteiger partial charge in [-0.25, -0.2) is 0 Å². The second-order valence-corrected chi connectivity index (χ2v) is 20.2. The van der Waals surface area contributed by atoms with Crippen LogP contribution in [0.2, 0.25) is 0 Å². The van der Waals surface area contributed by atoms with E-state index in [0.717, 1.165) is 11.4 Å². The fourth-order valence-electron chi connectivity index (χ4n) is 9.65. The van der Waals surface area contributed by atoms with Crippen molar-refractivity contribution in [1.29, 1.82) is 0 Å². The largest absolute Gasteiger partial charge is 0.310 e. The number of fused-ring (bicyclic) bond motifs is 7. The molecule has 0 saturated carbocycles. The Balaban J connectivity index is 1.20. The minimum atomic E-state index is -2.97. The average molecular weight is 789 g/mol. The van der Waals surface area contributed by atoms with Gasteiger partial charge in [-0.05, 0) is 93.9 Å². The molecule has 0 fully saturated rings. The lowest BCUT2D eigenvalue weighted by atomic mass is 10.1. The average Bonchev–Trinajstić information content (AvgIpc) is 3.92. The summed E-state index contributed by atoms with van der Waals surface area (Å²) in [6.45, 7) is 6.31. The van der Waals surface area contributed by atoms with Crippen LogP contribution in [0.25, 0.3) is 70.3 Å². The molecule has 2 nitrogen and oxygen atoms in total. The number of aryl methyl sites for hydroxylation is 1. The molecule has 0 spiro atoms. The number of hydrogen-bond acceptors (Lipinski definition) is 1. The first-order valence-electron chi connectivity index (χ1n) is 20.2. The molecule has 280 valence electrons. The Kier molecular flexibility index (Phi) is 8.43. The van der Waals surface area contributed by atoms with E-state index < -0.39 is 8.07 Å². The molecule has 3 aromatic heterocycles. The molecular formula is C55H40N2SSi. The summed E-state index contributed by atoms with van der Waals surface area (Å²) in [5.41, 5.74) is 8.36. The Hall–Kier alpha value is -6.98. The predicted molar refractivity (Wildman–Crippen MR) is 258 cm³/mol. The lowest BCUT2D eigenvalue weighted by molar-refractivity contribution is 1.10. The van der Waals surface area contributed by atoms with Crippen LogP contribution in [0.4, 0.5) is 0 Å². The predicted octanol–water partition coefficient (Wildman–Crippen LogP) is 12.0. The van der Waals surface area contributed by atoms with Gasteiger partial charge < -0.3 is 9.13 Å². The van der Waals surface area contributed by atoms with Crippen molar-refractivity contribution < 1.29 is 0 Å². The SMILES string of the molecule is C=C/C=C\c1c(C)c2cc3c(cc2n1-c1cccc([Si](c2ccccc2)(c2ccccc2)c2cccc(-n4c5ccccc5c5ccccc54)c2)c1)sc1ccccc13. The summed E-state index contributed by atoms with van der Waals surface area (Å²) in [5, 5.41) is 11.8. The normalized spacial score (nSPS) is 12.2. The topological polar surface area (TPSA) is 9.86 Å². The Labute approximate surface area is 348 Å². The van der Waals surface area contributed by atoms with Crippen LogP contribution in [0.1, 0.15) is 11.3 Å². The van der Waals surface area contributed by atoms with E-state index in [1.54, 1.807) is 0 Å². The number of para-hydroxylation sites is 2. The van der Waals surface area contributed by atoms with E-state index >= 15 is 0 Å². The third kappa shape index (κ3) is 5.45. The lowest BCUT2D eigenvalue weighted by Gasteiger charge is -2.35. The molecule has 0 radical (unpaired) electrons. The second kappa shape index (κ2) is 14.1. The summed E-state index contributed by atoms with van der Waals surface area (Å²) in [4.78, 5) is 0. The molecule has 0 amide bonds. The van der Waals surface area contributed by atoms with Gasteiger partial charge in [0.15, 0.2) is 8.07 Å². The molecule has 0 saturated heterocycles. The number of aromatic nitrogens is 2. The number of allylic oxidation sites excluding steroid dienone is 2. The van der Waals surface area contributed by atoms with Gasteiger partial charge in [-0.3, -0.25) is 0 Å². The summed E-state index contributed by atoms with van der Waals surface area (Å²) in [7, 11) is -2.97. The van der Waals surface area contributed by atoms with Crippen LogP contribution in [-0.2, 0) is 0 Å². The molecule has 0 N–H and O–H groups in total. The van der Waals surface area contributed by atoms with Crippen LogP contribution in [0.15, 0.2) is 213 Å². The van der Waals surface area contributed by atoms with Crippen LogP contribution >= 0.6 is 11.3 Å². The molecule has 8 aromatic carbocycles. The number of benzene rings is 8. The van der Waals surface area contributed by atoms with Crippen LogP contribution in [-0.4, -0.2) is 17.2 Å². The van der Waals surface area contributed by atoms with Gasteiger partial charge >= 0.3 is 0 Å². The zero-order valence-electron chi connectivity index (χ0n) is 32.7. The number of hydrogen-bond donors (Lipinski definition) is 0. The van der Waals surface area contributed by atoms with Crippen molar-refractivity contribution in [2.24, 2.45) is 0 Å². The molecule has 4 heteroatoms. The summed E-state index contributed by atoms with van der Waals surface area (Å²) in [6, 6.07) is 72.5. The van der Waals surface area contributed by atoms with E-state index in [9.17, 15) is 0 Å². The highest BCUT2D eigenvalue weighted by Gasteiger charge is 2.42. The van der Waals surface area contributed by atoms with E-state index in [1.807, 2.05) is 17.4 Å². The second-order valence-electron chi connectivity index (χ2n) is 15.4. The lowest BCUT2D eigenvalue weighted by Crippen LogP contribution is -2.74. The fourth-order valence-corrected chi connectivity index (χ4v) is 15.6. The Morgan fingerprint density at radius 1 is 0.441 bits per heavy atom. The van der Waals surface area contributed by atoms with E-state index in [-0.39, 0.29) is 0 Å². The monoisotopic (exact) mass is 788 g/mol. The van der Waals surface area contributed by atoms with Crippen molar-refractivity contribution >= 4 is 99.1 Å². The quantitative estimate of drug-likeness (QED) is 0.0824. The first kappa shape index (κ1) is 35.2. The standard InChI is InChI=1S/C55H40N2SSi/c1-3-4-30-50-38(2)48-36-49-47-29-13-16-33-54(47)58-55(49)37-53(48)56(50)39-19-17-25-43(34-39)59(41-21-7-5-8-22-41,42-23-9-6-10-24-42)44-26-18-20-40(35-44)57-51-31-14-11-27-45(51)46-28-12-15-32-52(46)57/h3-37H,1H2,2H3/b30-4-. The summed E-state index contributed by atoms with van der Waals surface area (Å²) in [6.07, 6.45) is 6.15. The maximum atomic E-state index is 4.05. The molecule has 0 unspecified atom stereocenters. The van der Waals surface area contributed by atoms with E-state index in [1.165, 1.54) is 84.9 Å². The summed E-state index contributed by atoms with van der Waals surface area (Å²) < 4.78 is 7.54. The Morgan fingerprint density at radius 2 is 0.966 bits per heavy atom. The maximum absolute atomic E-state index is 4.05. The van der Waals surface area contributed by atoms with Crippen molar-refractivity contribution in [3.63, 3.8) is 0 Å². The molecular weight excluding hydrogens is 749 g/mol. The highest BCUT2D eigenvalue weighted by molar-refractivity contribution is 7.26. The summed E-state index contributed by atoms with van der Waals surface area (Å²) in [5.74, 6) is 0. The fraction of sp³-hybridized carbons (Fsp3) is 0.0182. The highest BCUT2D eigenvalue weighted by Crippen LogP contribution is 2.40. The highest BCUT2D eigenvalue weighted by atomic mass is 32.1. The van der Waals surface area contributed by atoms with Crippen LogP contribution in [0.3, 0.4) is 0 Å². The van der Waals surface area contributed by atoms with Gasteiger partial charge in [0, 0.05) is 53.4 Å². The number of rotatable bonds is 8. The minimum Gasteiger partial charge on any atom is -0.310 e. The first-order valence-corrected chi connectivity index (χ1v) is 23.0. The van der Waals surface area contributed by atoms with Crippen molar-refractivity contribution in [2.45, 2.75) is 6.92 Å². The van der Waals surface area contributed by atoms with Crippen LogP contribution in [0.5, 0.6) is 0 Å². The number of thiophene rings is 1. The zero-order chi connectivity index (χ0) is 39.5. The molecule has 11 rings (SSSR count). The molecule has 0 aliphatic heterocycles. The van der Waals surface area contributed by atoms with Gasteiger partial charge in [0.2, 0.25) is 0 Å². The van der Waals surface area contributed by atoms with Gasteiger partial charge in [0.05, 0.1) is 16.6 Å². The molecule has 0 aliphatic carbocycles. The molecule has 59 heavy (non-hydrogen) atoms. The molecule has 0 atom stereocenters. The van der Waals surface area contributed by atoms with Crippen molar-refractivity contribution in [1.82, 2.24) is 9.13 Å². The third-order valence-corrected chi connectivity index (χ3v) is 18.1. The Bertz CT molecular complexity index is 3330. The van der Waals surface area contributed by atoms with E-state index in [0.29, 0.717) is 0 Å². The van der Waals surface area contributed by atoms with Crippen LogP contribution < -0.4 is 20.7 Å². The number of nitrogens with zero attached hydrogens (tertiary/aromatic N) is 2. The molecule has 0 bridgehead atoms. The molecule has 0 aliphatic rings. The van der Waals surface area contributed by atoms with Gasteiger partial charge in [0.1, 0.15) is 0 Å². The van der Waals surface area contributed by atoms with Crippen molar-refractivity contribution in [3.8, 4) is 11.4 Å². The summed E-state index contributed by atoms with van der Waals surface area (Å²) >= 11 is 1.87. The van der Waals surface area contributed by atoms with Crippen molar-refractivity contribution in [3.05, 3.63) is 224 Å². The van der Waals surface area contributed by atoms with Gasteiger partial charge in [-0.1, -0.05) is 158 Å². The van der Waals surface area contributed by atoms with Crippen molar-refractivity contribution in [2.75, 3.05) is 0 Å².